The third-order valence-electron chi connectivity index (χ3n) is 13.0. The van der Waals surface area contributed by atoms with Crippen LogP contribution < -0.4 is 22.0 Å². The first-order valence-corrected chi connectivity index (χ1v) is 25.0. The number of aryl methyl sites for hydroxylation is 5. The lowest BCUT2D eigenvalue weighted by Gasteiger charge is -2.31. The third kappa shape index (κ3) is 8.05. The molecule has 6 aromatic heterocycles. The molecule has 2 saturated heterocycles. The van der Waals surface area contributed by atoms with E-state index in [4.69, 9.17) is 9.97 Å². The number of hydrogen-bond acceptors (Lipinski definition) is 14. The Labute approximate surface area is 390 Å². The zero-order valence-electron chi connectivity index (χ0n) is 38.1. The van der Waals surface area contributed by atoms with Gasteiger partial charge in [-0.25, -0.2) is 45.5 Å². The van der Waals surface area contributed by atoms with Crippen molar-refractivity contribution in [1.82, 2.24) is 66.4 Å². The second-order valence-corrected chi connectivity index (χ2v) is 21.3. The Kier molecular flexibility index (Phi) is 11.4. The van der Waals surface area contributed by atoms with Gasteiger partial charge in [0.2, 0.25) is 31.9 Å². The van der Waals surface area contributed by atoms with Gasteiger partial charge < -0.3 is 10.6 Å². The molecule has 2 N–H and O–H groups in total. The van der Waals surface area contributed by atoms with E-state index >= 15 is 0 Å². The van der Waals surface area contributed by atoms with Crippen molar-refractivity contribution < 1.29 is 16.8 Å². The van der Waals surface area contributed by atoms with Crippen molar-refractivity contribution in [2.75, 3.05) is 36.8 Å². The van der Waals surface area contributed by atoms with Gasteiger partial charge in [0.1, 0.15) is 20.8 Å². The lowest BCUT2D eigenvalue weighted by Crippen LogP contribution is -2.42. The maximum absolute atomic E-state index is 14.6. The van der Waals surface area contributed by atoms with Gasteiger partial charge in [-0.2, -0.15) is 28.8 Å². The molecule has 0 aliphatic carbocycles. The molecule has 8 aromatic rings. The number of rotatable bonds is 12. The third-order valence-corrected chi connectivity index (χ3v) is 16.7. The van der Waals surface area contributed by atoms with Gasteiger partial charge >= 0.3 is 11.4 Å². The molecule has 68 heavy (non-hydrogen) atoms. The highest BCUT2D eigenvalue weighted by Crippen LogP contribution is 2.27. The molecule has 0 radical (unpaired) electrons. The minimum atomic E-state index is -3.67. The smallest absolute Gasteiger partial charge is 0.335 e. The average Bonchev–Trinajstić information content (AvgIpc) is 4.09. The quantitative estimate of drug-likeness (QED) is 0.179. The fourth-order valence-corrected chi connectivity index (χ4v) is 12.0. The van der Waals surface area contributed by atoms with Crippen molar-refractivity contribution in [1.29, 1.82) is 0 Å². The number of nitrogens with zero attached hydrogens (tertiary/aromatic N) is 14. The number of fused-ring (bicyclic) bond motifs is 2. The lowest BCUT2D eigenvalue weighted by molar-refractivity contribution is 0.329. The second kappa shape index (κ2) is 17.2. The molecule has 0 bridgehead atoms. The van der Waals surface area contributed by atoms with Crippen LogP contribution in [-0.4, -0.2) is 121 Å². The van der Waals surface area contributed by atoms with Crippen molar-refractivity contribution in [3.05, 3.63) is 117 Å². The first-order chi connectivity index (χ1) is 32.6. The van der Waals surface area contributed by atoms with E-state index < -0.39 is 20.0 Å². The number of imidazole rings is 2. The molecule has 0 amide bonds. The Morgan fingerprint density at radius 3 is 1.68 bits per heavy atom. The molecule has 10 rings (SSSR count). The van der Waals surface area contributed by atoms with Gasteiger partial charge in [0.25, 0.3) is 0 Å². The van der Waals surface area contributed by atoms with Crippen LogP contribution in [-0.2, 0) is 47.7 Å². The minimum absolute atomic E-state index is 0.0956. The maximum atomic E-state index is 14.6. The van der Waals surface area contributed by atoms with E-state index in [2.05, 4.69) is 30.8 Å². The second-order valence-electron chi connectivity index (χ2n) is 17.4. The van der Waals surface area contributed by atoms with Gasteiger partial charge in [0.05, 0.1) is 42.7 Å². The number of hydrogen-bond donors (Lipinski definition) is 2. The van der Waals surface area contributed by atoms with Gasteiger partial charge in [-0.1, -0.05) is 24.3 Å². The van der Waals surface area contributed by atoms with Crippen molar-refractivity contribution in [3.63, 3.8) is 0 Å². The molecule has 0 unspecified atom stereocenters. The molecule has 24 heteroatoms. The van der Waals surface area contributed by atoms with Gasteiger partial charge in [-0.3, -0.25) is 18.5 Å². The number of sulfonamides is 2. The van der Waals surface area contributed by atoms with Crippen LogP contribution in [0.1, 0.15) is 42.4 Å². The minimum Gasteiger partial charge on any atom is -0.351 e. The normalized spacial score (nSPS) is 16.0. The van der Waals surface area contributed by atoms with Gasteiger partial charge in [-0.05, 0) is 74.4 Å². The summed E-state index contributed by atoms with van der Waals surface area (Å²) in [4.78, 5) is 47.6. The molecule has 0 saturated carbocycles. The summed E-state index contributed by atoms with van der Waals surface area (Å²) >= 11 is 0. The zero-order chi connectivity index (χ0) is 47.6. The summed E-state index contributed by atoms with van der Waals surface area (Å²) in [6.07, 6.45) is 11.1. The number of nitrogens with one attached hydrogen (secondary N) is 2. The SMILES string of the molecule is Cc1cc(-n2c(=O)n(C)c3cnc(NC4CCN(S(=O)(=O)c5cnn(C)c5)CC4)nc32)ccc1Cn1c(=O)n(-c2ccccc2C)c2nc(NC3CCN(S(=O)(=O)c4cnn(C)c4)CC3)ncc21. The van der Waals surface area contributed by atoms with Crippen molar-refractivity contribution in [2.45, 2.75) is 68.0 Å². The maximum Gasteiger partial charge on any atom is 0.335 e. The van der Waals surface area contributed by atoms with Crippen LogP contribution >= 0.6 is 0 Å². The molecular formula is C44H50N16O6S2. The van der Waals surface area contributed by atoms with E-state index in [1.165, 1.54) is 51.9 Å². The summed E-state index contributed by atoms with van der Waals surface area (Å²) in [5.41, 5.74) is 5.04. The summed E-state index contributed by atoms with van der Waals surface area (Å²) in [6, 6.07) is 13.0. The molecule has 354 valence electrons. The fourth-order valence-electron chi connectivity index (χ4n) is 9.08. The van der Waals surface area contributed by atoms with Crippen LogP contribution in [0.3, 0.4) is 0 Å². The van der Waals surface area contributed by atoms with Crippen molar-refractivity contribution in [2.24, 2.45) is 21.1 Å². The Bertz CT molecular complexity index is 3590. The molecule has 0 atom stereocenters. The van der Waals surface area contributed by atoms with E-state index in [0.29, 0.717) is 97.5 Å². The predicted molar refractivity (Wildman–Crippen MR) is 253 cm³/mol. The van der Waals surface area contributed by atoms with Gasteiger partial charge in [0, 0.05) is 71.8 Å². The van der Waals surface area contributed by atoms with Crippen LogP contribution in [0.2, 0.25) is 0 Å². The predicted octanol–water partition coefficient (Wildman–Crippen LogP) is 2.68. The van der Waals surface area contributed by atoms with Crippen LogP contribution in [0.25, 0.3) is 33.7 Å². The Morgan fingerprint density at radius 1 is 0.632 bits per heavy atom. The highest BCUT2D eigenvalue weighted by Gasteiger charge is 2.32. The fraction of sp³-hybridized carbons (Fsp3) is 0.364. The average molecular weight is 963 g/mol. The number of benzene rings is 2. The van der Waals surface area contributed by atoms with Crippen LogP contribution in [0, 0.1) is 13.8 Å². The highest BCUT2D eigenvalue weighted by atomic mass is 32.2. The first kappa shape index (κ1) is 44.8. The number of para-hydroxylation sites is 1. The van der Waals surface area contributed by atoms with Crippen molar-refractivity contribution in [3.8, 4) is 11.4 Å². The largest absolute Gasteiger partial charge is 0.351 e. The van der Waals surface area contributed by atoms with Gasteiger partial charge in [-0.15, -0.1) is 0 Å². The molecular weight excluding hydrogens is 913 g/mol. The monoisotopic (exact) mass is 962 g/mol. The molecule has 0 spiro atoms. The number of anilines is 2. The standard InChI is InChI=1S/C44H50N16O6S2/c1-28-8-6-7-9-36(28)60-40-38(24-46-42(52-40)50-32-14-18-57(19-15-32)68(65,66)35-22-48-54(4)27-35)58(44(60)62)25-30-10-11-33(20-29(30)2)59-39-37(55(5)43(59)61)23-45-41(51-39)49-31-12-16-56(17-13-31)67(63,64)34-21-47-53(3)26-34/h6-11,20-24,26-27,31-32H,12-19,25H2,1-5H3,(H,45,49,51)(H,46,50,52). The summed E-state index contributed by atoms with van der Waals surface area (Å²) in [5.74, 6) is 0.646. The van der Waals surface area contributed by atoms with Crippen LogP contribution in [0.5, 0.6) is 0 Å². The van der Waals surface area contributed by atoms with E-state index in [0.717, 1.165) is 16.7 Å². The highest BCUT2D eigenvalue weighted by molar-refractivity contribution is 7.89. The van der Waals surface area contributed by atoms with Crippen LogP contribution in [0.15, 0.2) is 99.0 Å². The molecule has 2 aliphatic heterocycles. The molecule has 2 fully saturated rings. The Hall–Kier alpha value is -7.02. The Morgan fingerprint density at radius 2 is 1.16 bits per heavy atom. The van der Waals surface area contributed by atoms with Crippen LogP contribution in [0.4, 0.5) is 11.9 Å². The summed E-state index contributed by atoms with van der Waals surface area (Å²) < 4.78 is 64.9. The molecule has 22 nitrogen and oxygen atoms in total. The first-order valence-electron chi connectivity index (χ1n) is 22.2. The lowest BCUT2D eigenvalue weighted by atomic mass is 10.1. The molecule has 2 aromatic carbocycles. The van der Waals surface area contributed by atoms with E-state index in [-0.39, 0.29) is 39.8 Å². The van der Waals surface area contributed by atoms with Crippen molar-refractivity contribution >= 4 is 54.3 Å². The van der Waals surface area contributed by atoms with E-state index in [9.17, 15) is 26.4 Å². The number of aromatic nitrogens is 12. The zero-order valence-corrected chi connectivity index (χ0v) is 39.7. The van der Waals surface area contributed by atoms with Gasteiger partial charge in [0.15, 0.2) is 11.3 Å². The summed E-state index contributed by atoms with van der Waals surface area (Å²) in [7, 11) is -2.31. The van der Waals surface area contributed by atoms with E-state index in [1.54, 1.807) is 42.7 Å². The Balaban J connectivity index is 0.893. The topological polar surface area (TPSA) is 240 Å². The molecule has 8 heterocycles. The summed E-state index contributed by atoms with van der Waals surface area (Å²) in [6.45, 7) is 5.30. The summed E-state index contributed by atoms with van der Waals surface area (Å²) in [5, 5.41) is 14.8. The number of piperidine rings is 2. The van der Waals surface area contributed by atoms with E-state index in [1.807, 2.05) is 56.3 Å². The molecule has 2 aliphatic rings.